The summed E-state index contributed by atoms with van der Waals surface area (Å²) in [4.78, 5) is 12.2. The summed E-state index contributed by atoms with van der Waals surface area (Å²) in [7, 11) is 3.21. The number of rotatable bonds is 5. The quantitative estimate of drug-likeness (QED) is 0.792. The highest BCUT2D eigenvalue weighted by Crippen LogP contribution is 2.34. The second-order valence-corrected chi connectivity index (χ2v) is 4.88. The van der Waals surface area contributed by atoms with Crippen LogP contribution < -0.4 is 15.8 Å². The Bertz CT molecular complexity index is 464. The Morgan fingerprint density at radius 2 is 2.16 bits per heavy atom. The van der Waals surface area contributed by atoms with E-state index in [0.717, 1.165) is 19.3 Å². The van der Waals surface area contributed by atoms with Gasteiger partial charge in [-0.3, -0.25) is 4.79 Å². The predicted molar refractivity (Wildman–Crippen MR) is 73.3 cm³/mol. The van der Waals surface area contributed by atoms with Crippen molar-refractivity contribution < 1.29 is 14.3 Å². The normalized spacial score (nSPS) is 16.5. The number of carbonyl (C=O) groups excluding carboxylic acids is 1. The predicted octanol–water partition coefficient (Wildman–Crippen LogP) is 1.58. The fourth-order valence-corrected chi connectivity index (χ4v) is 2.26. The summed E-state index contributed by atoms with van der Waals surface area (Å²) in [6.45, 7) is 0.524. The van der Waals surface area contributed by atoms with E-state index in [2.05, 4.69) is 5.32 Å². The average Bonchev–Trinajstić information content (AvgIpc) is 2.37. The van der Waals surface area contributed by atoms with Crippen molar-refractivity contribution in [1.29, 1.82) is 0 Å². The molecule has 5 nitrogen and oxygen atoms in total. The molecule has 19 heavy (non-hydrogen) atoms. The summed E-state index contributed by atoms with van der Waals surface area (Å²) in [5.41, 5.74) is 6.54. The standard InChI is InChI=1S/C14H20N2O3/c1-18-12-8-10(15)4-5-11(12)13(17)16-9-14(19-2)6-3-7-14/h4-5,8H,3,6-7,9,15H2,1-2H3,(H,16,17). The van der Waals surface area contributed by atoms with Gasteiger partial charge in [0.2, 0.25) is 0 Å². The Balaban J connectivity index is 2.03. The molecule has 1 aliphatic carbocycles. The molecule has 104 valence electrons. The maximum Gasteiger partial charge on any atom is 0.255 e. The minimum Gasteiger partial charge on any atom is -0.496 e. The molecular formula is C14H20N2O3. The molecule has 0 aromatic heterocycles. The molecule has 1 fully saturated rings. The lowest BCUT2D eigenvalue weighted by atomic mass is 9.80. The van der Waals surface area contributed by atoms with Gasteiger partial charge in [0.05, 0.1) is 18.3 Å². The van der Waals surface area contributed by atoms with Crippen molar-refractivity contribution in [2.24, 2.45) is 0 Å². The summed E-state index contributed by atoms with van der Waals surface area (Å²) in [6.07, 6.45) is 3.13. The number of hydrogen-bond donors (Lipinski definition) is 2. The third kappa shape index (κ3) is 2.81. The summed E-state index contributed by atoms with van der Waals surface area (Å²) < 4.78 is 10.6. The molecule has 0 radical (unpaired) electrons. The Hall–Kier alpha value is -1.75. The van der Waals surface area contributed by atoms with Crippen molar-refractivity contribution in [3.63, 3.8) is 0 Å². The molecule has 1 aromatic rings. The Kier molecular flexibility index (Phi) is 3.95. The number of benzene rings is 1. The van der Waals surface area contributed by atoms with Crippen molar-refractivity contribution >= 4 is 11.6 Å². The van der Waals surface area contributed by atoms with Gasteiger partial charge in [-0.05, 0) is 31.4 Å². The largest absolute Gasteiger partial charge is 0.496 e. The second-order valence-electron chi connectivity index (χ2n) is 4.88. The number of nitrogens with one attached hydrogen (secondary N) is 1. The van der Waals surface area contributed by atoms with E-state index in [-0.39, 0.29) is 11.5 Å². The highest BCUT2D eigenvalue weighted by atomic mass is 16.5. The molecule has 1 aromatic carbocycles. The van der Waals surface area contributed by atoms with Crippen molar-refractivity contribution in [2.45, 2.75) is 24.9 Å². The van der Waals surface area contributed by atoms with E-state index in [0.29, 0.717) is 23.5 Å². The van der Waals surface area contributed by atoms with Gasteiger partial charge in [-0.2, -0.15) is 0 Å². The number of hydrogen-bond acceptors (Lipinski definition) is 4. The highest BCUT2D eigenvalue weighted by Gasteiger charge is 2.37. The molecular weight excluding hydrogens is 244 g/mol. The van der Waals surface area contributed by atoms with E-state index < -0.39 is 0 Å². The lowest BCUT2D eigenvalue weighted by Crippen LogP contribution is -2.49. The van der Waals surface area contributed by atoms with Gasteiger partial charge >= 0.3 is 0 Å². The average molecular weight is 264 g/mol. The Morgan fingerprint density at radius 1 is 1.42 bits per heavy atom. The fourth-order valence-electron chi connectivity index (χ4n) is 2.26. The summed E-state index contributed by atoms with van der Waals surface area (Å²) >= 11 is 0. The van der Waals surface area contributed by atoms with Crippen molar-refractivity contribution in [1.82, 2.24) is 5.32 Å². The molecule has 0 unspecified atom stereocenters. The van der Waals surface area contributed by atoms with Gasteiger partial charge < -0.3 is 20.5 Å². The minimum absolute atomic E-state index is 0.167. The van der Waals surface area contributed by atoms with E-state index in [4.69, 9.17) is 15.2 Å². The zero-order chi connectivity index (χ0) is 13.9. The first-order valence-electron chi connectivity index (χ1n) is 6.37. The lowest BCUT2D eigenvalue weighted by molar-refractivity contribution is -0.0679. The molecule has 0 spiro atoms. The summed E-state index contributed by atoms with van der Waals surface area (Å²) in [5, 5.41) is 2.90. The van der Waals surface area contributed by atoms with E-state index in [9.17, 15) is 4.79 Å². The zero-order valence-corrected chi connectivity index (χ0v) is 11.4. The van der Waals surface area contributed by atoms with Gasteiger partial charge in [0.25, 0.3) is 5.91 Å². The van der Waals surface area contributed by atoms with E-state index in [1.165, 1.54) is 7.11 Å². The van der Waals surface area contributed by atoms with Crippen LogP contribution in [0.5, 0.6) is 5.75 Å². The molecule has 1 aliphatic rings. The topological polar surface area (TPSA) is 73.6 Å². The van der Waals surface area contributed by atoms with Gasteiger partial charge in [-0.25, -0.2) is 0 Å². The summed E-state index contributed by atoms with van der Waals surface area (Å²) in [6, 6.07) is 5.00. The number of ether oxygens (including phenoxy) is 2. The first-order chi connectivity index (χ1) is 9.10. The molecule has 0 atom stereocenters. The van der Waals surface area contributed by atoms with Crippen LogP contribution in [0.2, 0.25) is 0 Å². The maximum atomic E-state index is 12.2. The zero-order valence-electron chi connectivity index (χ0n) is 11.4. The van der Waals surface area contributed by atoms with Crippen LogP contribution in [-0.2, 0) is 4.74 Å². The molecule has 0 heterocycles. The van der Waals surface area contributed by atoms with Gasteiger partial charge in [0.15, 0.2) is 0 Å². The van der Waals surface area contributed by atoms with Gasteiger partial charge in [-0.15, -0.1) is 0 Å². The van der Waals surface area contributed by atoms with Crippen LogP contribution in [0.15, 0.2) is 18.2 Å². The Labute approximate surface area is 113 Å². The third-order valence-electron chi connectivity index (χ3n) is 3.74. The summed E-state index contributed by atoms with van der Waals surface area (Å²) in [5.74, 6) is 0.317. The van der Waals surface area contributed by atoms with Crippen LogP contribution in [0.4, 0.5) is 5.69 Å². The molecule has 1 amide bonds. The fraction of sp³-hybridized carbons (Fsp3) is 0.500. The van der Waals surface area contributed by atoms with Crippen molar-refractivity contribution in [3.05, 3.63) is 23.8 Å². The van der Waals surface area contributed by atoms with Crippen molar-refractivity contribution in [3.8, 4) is 5.75 Å². The van der Waals surface area contributed by atoms with E-state index >= 15 is 0 Å². The van der Waals surface area contributed by atoms with Crippen LogP contribution >= 0.6 is 0 Å². The number of amides is 1. The Morgan fingerprint density at radius 3 is 2.68 bits per heavy atom. The van der Waals surface area contributed by atoms with Gasteiger partial charge in [-0.1, -0.05) is 0 Å². The van der Waals surface area contributed by atoms with Gasteiger partial charge in [0.1, 0.15) is 5.75 Å². The number of anilines is 1. The molecule has 1 saturated carbocycles. The third-order valence-corrected chi connectivity index (χ3v) is 3.74. The smallest absolute Gasteiger partial charge is 0.255 e. The second kappa shape index (κ2) is 5.48. The van der Waals surface area contributed by atoms with Gasteiger partial charge in [0, 0.05) is 25.4 Å². The SMILES string of the molecule is COc1cc(N)ccc1C(=O)NCC1(OC)CCC1. The number of carbonyl (C=O) groups is 1. The monoisotopic (exact) mass is 264 g/mol. The molecule has 0 bridgehead atoms. The number of methoxy groups -OCH3 is 2. The van der Waals surface area contributed by atoms with Crippen LogP contribution in [-0.4, -0.2) is 32.3 Å². The van der Waals surface area contributed by atoms with Crippen LogP contribution in [0, 0.1) is 0 Å². The molecule has 2 rings (SSSR count). The van der Waals surface area contributed by atoms with E-state index in [1.807, 2.05) is 0 Å². The number of nitrogens with two attached hydrogens (primary N) is 1. The van der Waals surface area contributed by atoms with Crippen LogP contribution in [0.25, 0.3) is 0 Å². The van der Waals surface area contributed by atoms with Crippen molar-refractivity contribution in [2.75, 3.05) is 26.5 Å². The minimum atomic E-state index is -0.184. The number of nitrogen functional groups attached to an aromatic ring is 1. The van der Waals surface area contributed by atoms with Crippen LogP contribution in [0.1, 0.15) is 29.6 Å². The molecule has 5 heteroatoms. The molecule has 3 N–H and O–H groups in total. The molecule has 0 saturated heterocycles. The molecule has 0 aliphatic heterocycles. The first kappa shape index (κ1) is 13.7. The highest BCUT2D eigenvalue weighted by molar-refractivity contribution is 5.97. The van der Waals surface area contributed by atoms with E-state index in [1.54, 1.807) is 25.3 Å². The maximum absolute atomic E-state index is 12.2. The lowest BCUT2D eigenvalue weighted by Gasteiger charge is -2.40. The van der Waals surface area contributed by atoms with Crippen LogP contribution in [0.3, 0.4) is 0 Å². The first-order valence-corrected chi connectivity index (χ1v) is 6.37.